The van der Waals surface area contributed by atoms with Gasteiger partial charge >= 0.3 is 0 Å². The molecular formula is C24H26N2O3S. The maximum Gasteiger partial charge on any atom is 0.264 e. The van der Waals surface area contributed by atoms with E-state index in [1.165, 1.54) is 11.4 Å². The van der Waals surface area contributed by atoms with Gasteiger partial charge in [0.05, 0.1) is 16.6 Å². The van der Waals surface area contributed by atoms with Crippen molar-refractivity contribution >= 4 is 21.6 Å². The second-order valence-electron chi connectivity index (χ2n) is 7.34. The predicted octanol–water partition coefficient (Wildman–Crippen LogP) is 4.62. The zero-order chi connectivity index (χ0) is 21.9. The van der Waals surface area contributed by atoms with Crippen LogP contribution in [-0.2, 0) is 10.0 Å². The van der Waals surface area contributed by atoms with Gasteiger partial charge in [-0.15, -0.1) is 0 Å². The van der Waals surface area contributed by atoms with Gasteiger partial charge in [-0.05, 0) is 67.8 Å². The molecule has 6 heteroatoms. The number of aryl methyl sites for hydroxylation is 2. The Morgan fingerprint density at radius 2 is 1.53 bits per heavy atom. The SMILES string of the molecule is Cc1ccccc1[C@H](C)NC(=O)c1ccc(N(C)S(=O)(=O)c2ccccc2)c(C)c1. The maximum atomic E-state index is 12.9. The number of rotatable bonds is 6. The Labute approximate surface area is 178 Å². The molecule has 3 aromatic carbocycles. The van der Waals surface area contributed by atoms with Gasteiger partial charge in [-0.2, -0.15) is 0 Å². The number of nitrogens with zero attached hydrogens (tertiary/aromatic N) is 1. The summed E-state index contributed by atoms with van der Waals surface area (Å²) < 4.78 is 27.0. The molecule has 0 aliphatic rings. The lowest BCUT2D eigenvalue weighted by Gasteiger charge is -2.22. The second-order valence-corrected chi connectivity index (χ2v) is 9.31. The Morgan fingerprint density at radius 3 is 2.17 bits per heavy atom. The minimum Gasteiger partial charge on any atom is -0.346 e. The molecule has 0 saturated carbocycles. The number of nitrogens with one attached hydrogen (secondary N) is 1. The van der Waals surface area contributed by atoms with Gasteiger partial charge in [0, 0.05) is 12.6 Å². The van der Waals surface area contributed by atoms with Crippen LogP contribution in [0.1, 0.15) is 40.0 Å². The Balaban J connectivity index is 1.81. The fraction of sp³-hybridized carbons (Fsp3) is 0.208. The number of carbonyl (C=O) groups is 1. The van der Waals surface area contributed by atoms with E-state index >= 15 is 0 Å². The van der Waals surface area contributed by atoms with Gasteiger partial charge in [0.25, 0.3) is 15.9 Å². The molecule has 0 unspecified atom stereocenters. The summed E-state index contributed by atoms with van der Waals surface area (Å²) in [5, 5.41) is 3.01. The van der Waals surface area contributed by atoms with Crippen molar-refractivity contribution < 1.29 is 13.2 Å². The zero-order valence-corrected chi connectivity index (χ0v) is 18.4. The summed E-state index contributed by atoms with van der Waals surface area (Å²) in [5.41, 5.74) is 3.90. The Bertz CT molecular complexity index is 1160. The molecule has 0 aliphatic heterocycles. The first kappa shape index (κ1) is 21.6. The van der Waals surface area contributed by atoms with Crippen molar-refractivity contribution in [3.63, 3.8) is 0 Å². The summed E-state index contributed by atoms with van der Waals surface area (Å²) in [6.07, 6.45) is 0. The zero-order valence-electron chi connectivity index (χ0n) is 17.6. The first-order valence-corrected chi connectivity index (χ1v) is 11.2. The minimum absolute atomic E-state index is 0.139. The van der Waals surface area contributed by atoms with Gasteiger partial charge < -0.3 is 5.32 Å². The van der Waals surface area contributed by atoms with Crippen LogP contribution in [-0.4, -0.2) is 21.4 Å². The van der Waals surface area contributed by atoms with Crippen LogP contribution in [0, 0.1) is 13.8 Å². The number of amides is 1. The number of carbonyl (C=O) groups excluding carboxylic acids is 1. The van der Waals surface area contributed by atoms with Gasteiger partial charge in [-0.3, -0.25) is 9.10 Å². The molecule has 1 atom stereocenters. The average molecular weight is 423 g/mol. The molecule has 0 radical (unpaired) electrons. The lowest BCUT2D eigenvalue weighted by Crippen LogP contribution is -2.28. The fourth-order valence-corrected chi connectivity index (χ4v) is 4.74. The number of sulfonamides is 1. The summed E-state index contributed by atoms with van der Waals surface area (Å²) in [4.78, 5) is 13.0. The Morgan fingerprint density at radius 1 is 0.900 bits per heavy atom. The van der Waals surface area contributed by atoms with Crippen molar-refractivity contribution in [3.05, 3.63) is 95.1 Å². The van der Waals surface area contributed by atoms with Gasteiger partial charge in [0.1, 0.15) is 0 Å². The Hall–Kier alpha value is -3.12. The van der Waals surface area contributed by atoms with Crippen LogP contribution in [0.3, 0.4) is 0 Å². The molecule has 0 heterocycles. The van der Waals surface area contributed by atoms with Crippen LogP contribution >= 0.6 is 0 Å². The predicted molar refractivity (Wildman–Crippen MR) is 120 cm³/mol. The fourth-order valence-electron chi connectivity index (χ4n) is 3.46. The van der Waals surface area contributed by atoms with E-state index in [2.05, 4.69) is 5.32 Å². The molecule has 0 aromatic heterocycles. The van der Waals surface area contributed by atoms with Crippen molar-refractivity contribution in [2.24, 2.45) is 0 Å². The third kappa shape index (κ3) is 4.39. The monoisotopic (exact) mass is 422 g/mol. The number of benzene rings is 3. The second kappa shape index (κ2) is 8.71. The summed E-state index contributed by atoms with van der Waals surface area (Å²) in [7, 11) is -2.16. The molecule has 1 amide bonds. The lowest BCUT2D eigenvalue weighted by molar-refractivity contribution is 0.0939. The Kier molecular flexibility index (Phi) is 6.27. The molecule has 0 spiro atoms. The van der Waals surface area contributed by atoms with Gasteiger partial charge in [0.2, 0.25) is 0 Å². The van der Waals surface area contributed by atoms with Gasteiger partial charge in [0.15, 0.2) is 0 Å². The summed E-state index contributed by atoms with van der Waals surface area (Å²) in [5.74, 6) is -0.200. The highest BCUT2D eigenvalue weighted by Gasteiger charge is 2.23. The van der Waals surface area contributed by atoms with E-state index in [9.17, 15) is 13.2 Å². The largest absolute Gasteiger partial charge is 0.346 e. The van der Waals surface area contributed by atoms with Crippen LogP contribution in [0.15, 0.2) is 77.7 Å². The van der Waals surface area contributed by atoms with E-state index in [0.29, 0.717) is 16.8 Å². The highest BCUT2D eigenvalue weighted by Crippen LogP contribution is 2.26. The van der Waals surface area contributed by atoms with E-state index in [4.69, 9.17) is 0 Å². The standard InChI is InChI=1S/C24H26N2O3S/c1-17-10-8-9-13-22(17)19(3)25-24(27)20-14-15-23(18(2)16-20)26(4)30(28,29)21-11-6-5-7-12-21/h5-16,19H,1-4H3,(H,25,27)/t19-/m0/s1. The molecule has 0 bridgehead atoms. The van der Waals surface area contributed by atoms with Crippen LogP contribution in [0.25, 0.3) is 0 Å². The summed E-state index contributed by atoms with van der Waals surface area (Å²) in [6, 6.07) is 21.1. The van der Waals surface area contributed by atoms with Crippen LogP contribution < -0.4 is 9.62 Å². The average Bonchev–Trinajstić information content (AvgIpc) is 2.74. The molecular weight excluding hydrogens is 396 g/mol. The quantitative estimate of drug-likeness (QED) is 0.630. The van der Waals surface area contributed by atoms with Crippen molar-refractivity contribution in [2.75, 3.05) is 11.4 Å². The summed E-state index contributed by atoms with van der Waals surface area (Å²) in [6.45, 7) is 5.76. The van der Waals surface area contributed by atoms with Gasteiger partial charge in [-0.1, -0.05) is 42.5 Å². The third-order valence-corrected chi connectivity index (χ3v) is 6.99. The summed E-state index contributed by atoms with van der Waals surface area (Å²) >= 11 is 0. The first-order valence-electron chi connectivity index (χ1n) is 9.73. The van der Waals surface area contributed by atoms with Crippen molar-refractivity contribution in [2.45, 2.75) is 31.7 Å². The minimum atomic E-state index is -3.67. The van der Waals surface area contributed by atoms with Crippen molar-refractivity contribution in [1.82, 2.24) is 5.32 Å². The van der Waals surface area contributed by atoms with Crippen LogP contribution in [0.5, 0.6) is 0 Å². The van der Waals surface area contributed by atoms with Gasteiger partial charge in [-0.25, -0.2) is 8.42 Å². The van der Waals surface area contributed by atoms with Crippen molar-refractivity contribution in [1.29, 1.82) is 0 Å². The molecule has 0 fully saturated rings. The van der Waals surface area contributed by atoms with E-state index in [0.717, 1.165) is 11.1 Å². The van der Waals surface area contributed by atoms with Crippen LogP contribution in [0.4, 0.5) is 5.69 Å². The highest BCUT2D eigenvalue weighted by atomic mass is 32.2. The number of anilines is 1. The topological polar surface area (TPSA) is 66.5 Å². The molecule has 5 nitrogen and oxygen atoms in total. The molecule has 0 saturated heterocycles. The maximum absolute atomic E-state index is 12.9. The lowest BCUT2D eigenvalue weighted by atomic mass is 10.0. The van der Waals surface area contributed by atoms with Crippen molar-refractivity contribution in [3.8, 4) is 0 Å². The number of hydrogen-bond donors (Lipinski definition) is 1. The molecule has 0 aliphatic carbocycles. The third-order valence-electron chi connectivity index (χ3n) is 5.20. The van der Waals surface area contributed by atoms with E-state index in [1.807, 2.05) is 38.1 Å². The molecule has 3 rings (SSSR count). The number of hydrogen-bond acceptors (Lipinski definition) is 3. The molecule has 156 valence electrons. The smallest absolute Gasteiger partial charge is 0.264 e. The van der Waals surface area contributed by atoms with E-state index in [-0.39, 0.29) is 16.8 Å². The molecule has 30 heavy (non-hydrogen) atoms. The normalized spacial score (nSPS) is 12.3. The van der Waals surface area contributed by atoms with E-state index in [1.54, 1.807) is 55.5 Å². The first-order chi connectivity index (χ1) is 14.2. The highest BCUT2D eigenvalue weighted by molar-refractivity contribution is 7.92. The molecule has 3 aromatic rings. The van der Waals surface area contributed by atoms with E-state index < -0.39 is 10.0 Å². The molecule has 1 N–H and O–H groups in total. The van der Waals surface area contributed by atoms with Crippen LogP contribution in [0.2, 0.25) is 0 Å².